The van der Waals surface area contributed by atoms with Crippen molar-refractivity contribution in [1.82, 2.24) is 4.90 Å². The van der Waals surface area contributed by atoms with Crippen LogP contribution in [0.2, 0.25) is 0 Å². The number of likely N-dealkylation sites (tertiary alicyclic amines) is 1. The Bertz CT molecular complexity index is 528. The lowest BCUT2D eigenvalue weighted by molar-refractivity contribution is -0.125. The van der Waals surface area contributed by atoms with E-state index in [9.17, 15) is 9.59 Å². The molecular weight excluding hydrogens is 308 g/mol. The van der Waals surface area contributed by atoms with Crippen molar-refractivity contribution in [3.8, 4) is 0 Å². The third-order valence-corrected chi connectivity index (χ3v) is 3.94. The Morgan fingerprint density at radius 3 is 2.74 bits per heavy atom. The van der Waals surface area contributed by atoms with E-state index in [-0.39, 0.29) is 17.7 Å². The van der Waals surface area contributed by atoms with Crippen LogP contribution in [0.3, 0.4) is 0 Å². The first kappa shape index (κ1) is 13.8. The number of carbonyl (C=O) groups is 2. The maximum Gasteiger partial charge on any atom is 0.246 e. The third kappa shape index (κ3) is 3.44. The molecule has 19 heavy (non-hydrogen) atoms. The maximum atomic E-state index is 12.0. The van der Waals surface area contributed by atoms with E-state index in [0.717, 1.165) is 10.0 Å². The number of primary amides is 1. The van der Waals surface area contributed by atoms with Gasteiger partial charge in [0.15, 0.2) is 0 Å². The van der Waals surface area contributed by atoms with Crippen LogP contribution >= 0.6 is 15.9 Å². The quantitative estimate of drug-likeness (QED) is 0.862. The van der Waals surface area contributed by atoms with E-state index in [1.54, 1.807) is 11.0 Å². The van der Waals surface area contributed by atoms with Gasteiger partial charge >= 0.3 is 0 Å². The molecule has 1 atom stereocenters. The van der Waals surface area contributed by atoms with Gasteiger partial charge in [-0.3, -0.25) is 9.59 Å². The van der Waals surface area contributed by atoms with Crippen molar-refractivity contribution < 1.29 is 9.59 Å². The van der Waals surface area contributed by atoms with Gasteiger partial charge in [0.25, 0.3) is 0 Å². The number of halogens is 1. The van der Waals surface area contributed by atoms with E-state index in [0.29, 0.717) is 19.5 Å². The lowest BCUT2D eigenvalue weighted by Crippen LogP contribution is -2.30. The predicted octanol–water partition coefficient (Wildman–Crippen LogP) is 1.80. The van der Waals surface area contributed by atoms with Gasteiger partial charge in [-0.1, -0.05) is 34.1 Å². The predicted molar refractivity (Wildman–Crippen MR) is 77.1 cm³/mol. The molecule has 0 bridgehead atoms. The van der Waals surface area contributed by atoms with Gasteiger partial charge in [-0.15, -0.1) is 0 Å². The van der Waals surface area contributed by atoms with E-state index < -0.39 is 0 Å². The minimum absolute atomic E-state index is 0.0838. The SMILES string of the molecule is NC(=O)C1CCN(C(=O)/C=C/c2ccccc2Br)C1. The maximum absolute atomic E-state index is 12.0. The molecule has 100 valence electrons. The molecule has 5 heteroatoms. The second kappa shape index (κ2) is 6.02. The molecule has 2 N–H and O–H groups in total. The van der Waals surface area contributed by atoms with Crippen LogP contribution in [0.5, 0.6) is 0 Å². The number of hydrogen-bond acceptors (Lipinski definition) is 2. The number of hydrogen-bond donors (Lipinski definition) is 1. The Hall–Kier alpha value is -1.62. The molecule has 1 aliphatic heterocycles. The molecule has 1 unspecified atom stereocenters. The van der Waals surface area contributed by atoms with Crippen LogP contribution in [0.4, 0.5) is 0 Å². The highest BCUT2D eigenvalue weighted by atomic mass is 79.9. The van der Waals surface area contributed by atoms with Crippen LogP contribution in [0.15, 0.2) is 34.8 Å². The monoisotopic (exact) mass is 322 g/mol. The first-order valence-electron chi connectivity index (χ1n) is 6.09. The summed E-state index contributed by atoms with van der Waals surface area (Å²) < 4.78 is 0.940. The number of carbonyl (C=O) groups excluding carboxylic acids is 2. The fourth-order valence-corrected chi connectivity index (χ4v) is 2.49. The normalized spacial score (nSPS) is 19.0. The molecule has 0 aliphatic carbocycles. The van der Waals surface area contributed by atoms with Crippen molar-refractivity contribution in [2.75, 3.05) is 13.1 Å². The van der Waals surface area contributed by atoms with Crippen molar-refractivity contribution in [2.45, 2.75) is 6.42 Å². The molecule has 0 saturated carbocycles. The van der Waals surface area contributed by atoms with Gasteiger partial charge in [0.1, 0.15) is 0 Å². The molecule has 1 heterocycles. The highest BCUT2D eigenvalue weighted by molar-refractivity contribution is 9.10. The summed E-state index contributed by atoms with van der Waals surface area (Å²) in [5.41, 5.74) is 6.19. The van der Waals surface area contributed by atoms with Gasteiger partial charge in [-0.2, -0.15) is 0 Å². The molecule has 1 saturated heterocycles. The van der Waals surface area contributed by atoms with Crippen LogP contribution in [0, 0.1) is 5.92 Å². The molecular formula is C14H15BrN2O2. The molecule has 1 aromatic carbocycles. The van der Waals surface area contributed by atoms with Crippen LogP contribution in [-0.2, 0) is 9.59 Å². The minimum atomic E-state index is -0.329. The number of benzene rings is 1. The Kier molecular flexibility index (Phi) is 4.37. The van der Waals surface area contributed by atoms with Crippen LogP contribution < -0.4 is 5.73 Å². The second-order valence-corrected chi connectivity index (χ2v) is 5.38. The summed E-state index contributed by atoms with van der Waals surface area (Å²) in [6, 6.07) is 7.67. The fraction of sp³-hybridized carbons (Fsp3) is 0.286. The zero-order valence-corrected chi connectivity index (χ0v) is 12.0. The summed E-state index contributed by atoms with van der Waals surface area (Å²) in [5, 5.41) is 0. The first-order valence-corrected chi connectivity index (χ1v) is 6.88. The van der Waals surface area contributed by atoms with Crippen molar-refractivity contribution in [3.05, 3.63) is 40.4 Å². The molecule has 4 nitrogen and oxygen atoms in total. The summed E-state index contributed by atoms with van der Waals surface area (Å²) in [6.07, 6.45) is 3.96. The Labute approximate surface area is 120 Å². The topological polar surface area (TPSA) is 63.4 Å². The number of amides is 2. The largest absolute Gasteiger partial charge is 0.369 e. The van der Waals surface area contributed by atoms with Gasteiger partial charge in [-0.25, -0.2) is 0 Å². The van der Waals surface area contributed by atoms with E-state index >= 15 is 0 Å². The average Bonchev–Trinajstić information content (AvgIpc) is 2.87. The van der Waals surface area contributed by atoms with Crippen LogP contribution in [0.1, 0.15) is 12.0 Å². The summed E-state index contributed by atoms with van der Waals surface area (Å²) in [4.78, 5) is 24.7. The summed E-state index contributed by atoms with van der Waals surface area (Å²) in [5.74, 6) is -0.620. The van der Waals surface area contributed by atoms with Gasteiger partial charge in [0, 0.05) is 23.6 Å². The van der Waals surface area contributed by atoms with Crippen molar-refractivity contribution in [1.29, 1.82) is 0 Å². The van der Waals surface area contributed by atoms with Crippen molar-refractivity contribution in [2.24, 2.45) is 11.7 Å². The van der Waals surface area contributed by atoms with Crippen LogP contribution in [-0.4, -0.2) is 29.8 Å². The first-order chi connectivity index (χ1) is 9.08. The van der Waals surface area contributed by atoms with Crippen molar-refractivity contribution >= 4 is 33.8 Å². The lowest BCUT2D eigenvalue weighted by Gasteiger charge is -2.13. The number of rotatable bonds is 3. The molecule has 1 aromatic rings. The van der Waals surface area contributed by atoms with Gasteiger partial charge in [-0.05, 0) is 24.1 Å². The number of nitrogens with two attached hydrogens (primary N) is 1. The zero-order chi connectivity index (χ0) is 13.8. The molecule has 0 radical (unpaired) electrons. The van der Waals surface area contributed by atoms with E-state index in [4.69, 9.17) is 5.73 Å². The fourth-order valence-electron chi connectivity index (χ4n) is 2.07. The summed E-state index contributed by atoms with van der Waals surface area (Å²) in [6.45, 7) is 1.02. The Morgan fingerprint density at radius 2 is 2.11 bits per heavy atom. The summed E-state index contributed by atoms with van der Waals surface area (Å²) >= 11 is 3.42. The average molecular weight is 323 g/mol. The van der Waals surface area contributed by atoms with Crippen molar-refractivity contribution in [3.63, 3.8) is 0 Å². The van der Waals surface area contributed by atoms with Gasteiger partial charge < -0.3 is 10.6 Å². The smallest absolute Gasteiger partial charge is 0.246 e. The molecule has 1 fully saturated rings. The molecule has 0 spiro atoms. The zero-order valence-electron chi connectivity index (χ0n) is 10.4. The minimum Gasteiger partial charge on any atom is -0.369 e. The lowest BCUT2D eigenvalue weighted by atomic mass is 10.1. The van der Waals surface area contributed by atoms with Gasteiger partial charge in [0.2, 0.25) is 11.8 Å². The highest BCUT2D eigenvalue weighted by Gasteiger charge is 2.28. The van der Waals surface area contributed by atoms with Gasteiger partial charge in [0.05, 0.1) is 5.92 Å². The van der Waals surface area contributed by atoms with E-state index in [2.05, 4.69) is 15.9 Å². The Morgan fingerprint density at radius 1 is 1.37 bits per heavy atom. The standard InChI is InChI=1S/C14H15BrN2O2/c15-12-4-2-1-3-10(12)5-6-13(18)17-8-7-11(9-17)14(16)19/h1-6,11H,7-9H2,(H2,16,19)/b6-5+. The molecule has 2 rings (SSSR count). The second-order valence-electron chi connectivity index (χ2n) is 4.53. The van der Waals surface area contributed by atoms with Crippen LogP contribution in [0.25, 0.3) is 6.08 Å². The molecule has 1 aliphatic rings. The van der Waals surface area contributed by atoms with E-state index in [1.165, 1.54) is 6.08 Å². The highest BCUT2D eigenvalue weighted by Crippen LogP contribution is 2.19. The third-order valence-electron chi connectivity index (χ3n) is 3.21. The Balaban J connectivity index is 1.99. The van der Waals surface area contributed by atoms with E-state index in [1.807, 2.05) is 24.3 Å². The summed E-state index contributed by atoms with van der Waals surface area (Å²) in [7, 11) is 0. The number of nitrogens with zero attached hydrogens (tertiary/aromatic N) is 1. The molecule has 0 aromatic heterocycles. The molecule has 2 amide bonds.